The lowest BCUT2D eigenvalue weighted by atomic mass is 10.0. The Kier molecular flexibility index (Phi) is 6.78. The number of thiazole rings is 1. The summed E-state index contributed by atoms with van der Waals surface area (Å²) in [5.41, 5.74) is 1.07. The molecule has 0 aliphatic carbocycles. The molecular weight excluding hydrogens is 452 g/mol. The quantitative estimate of drug-likeness (QED) is 0.323. The number of hydrogen-bond acceptors (Lipinski definition) is 7. The molecule has 1 aliphatic rings. The number of carbonyl (C=O) groups is 1. The molecule has 1 aromatic carbocycles. The van der Waals surface area contributed by atoms with Crippen LogP contribution in [-0.2, 0) is 4.79 Å². The van der Waals surface area contributed by atoms with Crippen molar-refractivity contribution in [2.45, 2.75) is 44.3 Å². The van der Waals surface area contributed by atoms with Crippen LogP contribution in [0, 0.1) is 3.95 Å². The van der Waals surface area contributed by atoms with Crippen molar-refractivity contribution in [3.63, 3.8) is 0 Å². The van der Waals surface area contributed by atoms with Gasteiger partial charge in [-0.1, -0.05) is 23.1 Å². The number of thioether (sulfide) groups is 1. The molecule has 0 spiro atoms. The molecule has 3 heterocycles. The molecule has 4 rings (SSSR count). The lowest BCUT2D eigenvalue weighted by Gasteiger charge is -2.33. The van der Waals surface area contributed by atoms with Gasteiger partial charge in [0.15, 0.2) is 14.8 Å². The average Bonchev–Trinajstić information content (AvgIpc) is 3.10. The van der Waals surface area contributed by atoms with Gasteiger partial charge in [-0.15, -0.1) is 0 Å². The molecule has 1 amide bonds. The number of rotatable bonds is 6. The predicted molar refractivity (Wildman–Crippen MR) is 127 cm³/mol. The van der Waals surface area contributed by atoms with Crippen molar-refractivity contribution in [2.75, 3.05) is 18.9 Å². The topological polar surface area (TPSA) is 80.2 Å². The maximum atomic E-state index is 12.7. The zero-order chi connectivity index (χ0) is 22.0. The normalized spacial score (nSPS) is 16.6. The molecule has 0 bridgehead atoms. The van der Waals surface area contributed by atoms with Crippen molar-refractivity contribution < 1.29 is 9.53 Å². The highest BCUT2D eigenvalue weighted by molar-refractivity contribution is 7.99. The number of ether oxygens (including phenoxy) is 1. The number of hydrogen-bond donors (Lipinski definition) is 1. The monoisotopic (exact) mass is 476 g/mol. The third-order valence-electron chi connectivity index (χ3n) is 5.28. The minimum absolute atomic E-state index is 0.0774. The second-order valence-corrected chi connectivity index (χ2v) is 9.98. The van der Waals surface area contributed by atoms with E-state index in [1.807, 2.05) is 36.1 Å². The molecule has 2 aromatic heterocycles. The number of amides is 1. The molecule has 1 aliphatic heterocycles. The van der Waals surface area contributed by atoms with E-state index in [4.69, 9.17) is 17.0 Å². The number of likely N-dealkylation sites (tertiary alicyclic amines) is 1. The summed E-state index contributed by atoms with van der Waals surface area (Å²) in [7, 11) is 0. The van der Waals surface area contributed by atoms with Crippen molar-refractivity contribution in [2.24, 2.45) is 0 Å². The van der Waals surface area contributed by atoms with Crippen molar-refractivity contribution in [3.05, 3.63) is 38.6 Å². The number of aromatic nitrogens is 3. The minimum Gasteiger partial charge on any atom is -0.494 e. The molecule has 10 heteroatoms. The molecule has 1 N–H and O–H groups in total. The first kappa shape index (κ1) is 22.0. The van der Waals surface area contributed by atoms with Gasteiger partial charge in [0.25, 0.3) is 5.56 Å². The number of piperidine rings is 1. The summed E-state index contributed by atoms with van der Waals surface area (Å²) in [4.78, 5) is 34.7. The van der Waals surface area contributed by atoms with E-state index in [1.165, 1.54) is 23.1 Å². The smallest absolute Gasteiger partial charge is 0.271 e. The van der Waals surface area contributed by atoms with Gasteiger partial charge in [-0.05, 0) is 69.6 Å². The van der Waals surface area contributed by atoms with Gasteiger partial charge in [-0.25, -0.2) is 4.98 Å². The Hall–Kier alpha value is -2.17. The number of benzene rings is 1. The second-order valence-electron chi connectivity index (χ2n) is 7.37. The molecule has 0 radical (unpaired) electrons. The first-order valence-electron chi connectivity index (χ1n) is 10.3. The molecule has 0 saturated carbocycles. The van der Waals surface area contributed by atoms with Gasteiger partial charge >= 0.3 is 0 Å². The van der Waals surface area contributed by atoms with Gasteiger partial charge in [-0.2, -0.15) is 0 Å². The van der Waals surface area contributed by atoms with Crippen LogP contribution >= 0.6 is 35.3 Å². The van der Waals surface area contributed by atoms with E-state index in [1.54, 1.807) is 4.57 Å². The van der Waals surface area contributed by atoms with Crippen molar-refractivity contribution in [1.29, 1.82) is 0 Å². The van der Waals surface area contributed by atoms with E-state index < -0.39 is 0 Å². The summed E-state index contributed by atoms with van der Waals surface area (Å²) in [5.74, 6) is 1.09. The number of nitrogens with one attached hydrogen (secondary N) is 1. The fourth-order valence-corrected chi connectivity index (χ4v) is 5.74. The zero-order valence-corrected chi connectivity index (χ0v) is 19.9. The van der Waals surface area contributed by atoms with Gasteiger partial charge in [0.2, 0.25) is 5.91 Å². The number of nitrogens with zero attached hydrogens (tertiary/aromatic N) is 3. The molecular formula is C21H24N4O3S3. The molecule has 1 atom stereocenters. The largest absolute Gasteiger partial charge is 0.494 e. The summed E-state index contributed by atoms with van der Waals surface area (Å²) in [6, 6.07) is 7.78. The fourth-order valence-electron chi connectivity index (χ4n) is 3.73. The summed E-state index contributed by atoms with van der Waals surface area (Å²) in [5, 5.41) is 0.419. The van der Waals surface area contributed by atoms with E-state index in [9.17, 15) is 9.59 Å². The second kappa shape index (κ2) is 9.54. The summed E-state index contributed by atoms with van der Waals surface area (Å²) >= 11 is 8.00. The molecule has 31 heavy (non-hydrogen) atoms. The van der Waals surface area contributed by atoms with Gasteiger partial charge in [0.1, 0.15) is 10.4 Å². The van der Waals surface area contributed by atoms with Crippen LogP contribution in [-0.4, -0.2) is 50.3 Å². The highest BCUT2D eigenvalue weighted by Gasteiger charge is 2.23. The number of aromatic amines is 1. The van der Waals surface area contributed by atoms with Crippen LogP contribution in [0.4, 0.5) is 0 Å². The maximum Gasteiger partial charge on any atom is 0.271 e. The Morgan fingerprint density at radius 1 is 1.35 bits per heavy atom. The average molecular weight is 477 g/mol. The molecule has 0 unspecified atom stereocenters. The van der Waals surface area contributed by atoms with E-state index in [0.29, 0.717) is 26.1 Å². The SMILES string of the molecule is CCOc1ccc(-n2c(=S)sc3c(=O)[nH]c(SCC(=O)N4CCCC[C@@H]4C)nc32)cc1. The Morgan fingerprint density at radius 3 is 2.84 bits per heavy atom. The van der Waals surface area contributed by atoms with Crippen LogP contribution in [0.25, 0.3) is 16.0 Å². The van der Waals surface area contributed by atoms with Crippen molar-refractivity contribution >= 4 is 51.6 Å². The number of H-pyrrole nitrogens is 1. The fraction of sp³-hybridized carbons (Fsp3) is 0.429. The van der Waals surface area contributed by atoms with Crippen LogP contribution in [0.5, 0.6) is 5.75 Å². The number of fused-ring (bicyclic) bond motifs is 1. The molecule has 1 fully saturated rings. The van der Waals surface area contributed by atoms with E-state index in [2.05, 4.69) is 16.9 Å². The Morgan fingerprint density at radius 2 is 2.13 bits per heavy atom. The Bertz CT molecular complexity index is 1200. The predicted octanol–water partition coefficient (Wildman–Crippen LogP) is 4.40. The lowest BCUT2D eigenvalue weighted by molar-refractivity contribution is -0.131. The third-order valence-corrected chi connectivity index (χ3v) is 7.50. The first-order valence-corrected chi connectivity index (χ1v) is 12.5. The Balaban J connectivity index is 1.61. The van der Waals surface area contributed by atoms with Crippen LogP contribution in [0.15, 0.2) is 34.2 Å². The van der Waals surface area contributed by atoms with Crippen molar-refractivity contribution in [1.82, 2.24) is 19.4 Å². The molecule has 3 aromatic rings. The summed E-state index contributed by atoms with van der Waals surface area (Å²) in [6.45, 7) is 5.41. The Labute approximate surface area is 193 Å². The molecule has 1 saturated heterocycles. The van der Waals surface area contributed by atoms with E-state index in [-0.39, 0.29) is 23.3 Å². The van der Waals surface area contributed by atoms with Crippen LogP contribution in [0.2, 0.25) is 0 Å². The van der Waals surface area contributed by atoms with Gasteiger partial charge in [0, 0.05) is 18.3 Å². The van der Waals surface area contributed by atoms with E-state index in [0.717, 1.165) is 37.2 Å². The molecule has 7 nitrogen and oxygen atoms in total. The summed E-state index contributed by atoms with van der Waals surface area (Å²) in [6.07, 6.45) is 3.24. The van der Waals surface area contributed by atoms with Gasteiger partial charge in [-0.3, -0.25) is 14.2 Å². The number of carbonyl (C=O) groups excluding carboxylic acids is 1. The van der Waals surface area contributed by atoms with Crippen LogP contribution in [0.1, 0.15) is 33.1 Å². The first-order chi connectivity index (χ1) is 15.0. The van der Waals surface area contributed by atoms with Crippen LogP contribution < -0.4 is 10.3 Å². The third kappa shape index (κ3) is 4.70. The van der Waals surface area contributed by atoms with E-state index >= 15 is 0 Å². The molecule has 164 valence electrons. The highest BCUT2D eigenvalue weighted by Crippen LogP contribution is 2.26. The standard InChI is InChI=1S/C21H24N4O3S3/c1-3-28-15-9-7-14(8-10-15)25-18-17(31-21(25)29)19(27)23-20(22-18)30-12-16(26)24-11-5-4-6-13(24)2/h7-10,13H,3-6,11-12H2,1-2H3,(H,22,23,27)/t13-/m0/s1. The highest BCUT2D eigenvalue weighted by atomic mass is 32.2. The summed E-state index contributed by atoms with van der Waals surface area (Å²) < 4.78 is 8.30. The minimum atomic E-state index is -0.243. The maximum absolute atomic E-state index is 12.7. The van der Waals surface area contributed by atoms with Crippen molar-refractivity contribution in [3.8, 4) is 11.4 Å². The van der Waals surface area contributed by atoms with Crippen LogP contribution in [0.3, 0.4) is 0 Å². The zero-order valence-electron chi connectivity index (χ0n) is 17.4. The van der Waals surface area contributed by atoms with Gasteiger partial charge < -0.3 is 14.6 Å². The lowest BCUT2D eigenvalue weighted by Crippen LogP contribution is -2.43. The van der Waals surface area contributed by atoms with Gasteiger partial charge in [0.05, 0.1) is 12.4 Å².